The molecule has 0 saturated carbocycles. The highest BCUT2D eigenvalue weighted by molar-refractivity contribution is 7.99. The van der Waals surface area contributed by atoms with Crippen LogP contribution in [0.4, 0.5) is 0 Å². The molecule has 0 aliphatic carbocycles. The van der Waals surface area contributed by atoms with Gasteiger partial charge in [0, 0.05) is 23.9 Å². The second-order valence-electron chi connectivity index (χ2n) is 5.23. The lowest BCUT2D eigenvalue weighted by Gasteiger charge is -2.33. The number of rotatable bonds is 4. The van der Waals surface area contributed by atoms with Gasteiger partial charge in [-0.15, -0.1) is 11.8 Å². The molecule has 0 radical (unpaired) electrons. The highest BCUT2D eigenvalue weighted by atomic mass is 32.2. The average molecular weight is 282 g/mol. The summed E-state index contributed by atoms with van der Waals surface area (Å²) in [6, 6.07) is 0.404. The van der Waals surface area contributed by atoms with Crippen molar-refractivity contribution < 1.29 is 9.32 Å². The van der Waals surface area contributed by atoms with Gasteiger partial charge in [0.05, 0.1) is 11.4 Å². The summed E-state index contributed by atoms with van der Waals surface area (Å²) >= 11 is 1.65. The van der Waals surface area contributed by atoms with Gasteiger partial charge < -0.3 is 9.42 Å². The number of piperidine rings is 1. The molecule has 19 heavy (non-hydrogen) atoms. The van der Waals surface area contributed by atoms with Gasteiger partial charge in [-0.25, -0.2) is 0 Å². The fraction of sp³-hybridized carbons (Fsp3) is 0.714. The van der Waals surface area contributed by atoms with Gasteiger partial charge in [-0.05, 0) is 40.0 Å². The zero-order valence-electron chi connectivity index (χ0n) is 11.9. The van der Waals surface area contributed by atoms with E-state index in [-0.39, 0.29) is 5.91 Å². The summed E-state index contributed by atoms with van der Waals surface area (Å²) in [7, 11) is 0. The van der Waals surface area contributed by atoms with Crippen LogP contribution in [0.25, 0.3) is 0 Å². The van der Waals surface area contributed by atoms with Crippen LogP contribution >= 0.6 is 11.8 Å². The predicted octanol–water partition coefficient (Wildman–Crippen LogP) is 2.93. The maximum atomic E-state index is 12.2. The molecule has 1 aromatic heterocycles. The van der Waals surface area contributed by atoms with E-state index in [1.165, 1.54) is 6.42 Å². The third-order valence-corrected chi connectivity index (χ3v) is 4.72. The van der Waals surface area contributed by atoms with Crippen molar-refractivity contribution in [1.82, 2.24) is 10.1 Å². The van der Waals surface area contributed by atoms with Crippen LogP contribution in [0.2, 0.25) is 0 Å². The van der Waals surface area contributed by atoms with Crippen LogP contribution in [-0.2, 0) is 10.5 Å². The van der Waals surface area contributed by atoms with Crippen molar-refractivity contribution in [1.29, 1.82) is 0 Å². The molecule has 1 amide bonds. The molecule has 0 aromatic carbocycles. The van der Waals surface area contributed by atoms with E-state index in [1.807, 2.05) is 18.7 Å². The van der Waals surface area contributed by atoms with Crippen LogP contribution in [0.5, 0.6) is 0 Å². The van der Waals surface area contributed by atoms with Gasteiger partial charge in [0.1, 0.15) is 5.76 Å². The number of carbonyl (C=O) groups is 1. The Morgan fingerprint density at radius 3 is 2.89 bits per heavy atom. The fourth-order valence-corrected chi connectivity index (χ4v) is 3.56. The first-order chi connectivity index (χ1) is 9.09. The number of amides is 1. The number of hydrogen-bond donors (Lipinski definition) is 0. The first-order valence-corrected chi connectivity index (χ1v) is 8.04. The number of aryl methyl sites for hydroxylation is 2. The van der Waals surface area contributed by atoms with Crippen molar-refractivity contribution >= 4 is 17.7 Å². The largest absolute Gasteiger partial charge is 0.361 e. The standard InChI is InChI=1S/C14H22N2O2S/c1-10-6-4-5-7-16(10)14(17)9-19-8-13-11(2)15-18-12(13)3/h10H,4-9H2,1-3H3. The highest BCUT2D eigenvalue weighted by Gasteiger charge is 2.22. The molecule has 5 heteroatoms. The van der Waals surface area contributed by atoms with Gasteiger partial charge in [-0.3, -0.25) is 4.79 Å². The summed E-state index contributed by atoms with van der Waals surface area (Å²) in [5.74, 6) is 2.48. The molecular formula is C14H22N2O2S. The molecule has 1 fully saturated rings. The third-order valence-electron chi connectivity index (χ3n) is 3.78. The van der Waals surface area contributed by atoms with Gasteiger partial charge in [0.15, 0.2) is 0 Å². The minimum atomic E-state index is 0.268. The molecule has 0 N–H and O–H groups in total. The number of thioether (sulfide) groups is 1. The quantitative estimate of drug-likeness (QED) is 0.852. The first kappa shape index (κ1) is 14.4. The summed E-state index contributed by atoms with van der Waals surface area (Å²) < 4.78 is 5.13. The smallest absolute Gasteiger partial charge is 0.232 e. The predicted molar refractivity (Wildman–Crippen MR) is 77.2 cm³/mol. The van der Waals surface area contributed by atoms with Crippen molar-refractivity contribution in [2.45, 2.75) is 51.8 Å². The minimum absolute atomic E-state index is 0.268. The van der Waals surface area contributed by atoms with Crippen LogP contribution in [0, 0.1) is 13.8 Å². The number of carbonyl (C=O) groups excluding carboxylic acids is 1. The van der Waals surface area contributed by atoms with Crippen molar-refractivity contribution in [2.24, 2.45) is 0 Å². The monoisotopic (exact) mass is 282 g/mol. The molecule has 106 valence electrons. The Bertz CT molecular complexity index is 425. The van der Waals surface area contributed by atoms with Crippen LogP contribution in [0.15, 0.2) is 4.52 Å². The van der Waals surface area contributed by atoms with Crippen LogP contribution in [0.3, 0.4) is 0 Å². The van der Waals surface area contributed by atoms with Crippen LogP contribution < -0.4 is 0 Å². The fourth-order valence-electron chi connectivity index (χ4n) is 2.50. The van der Waals surface area contributed by atoms with Gasteiger partial charge in [-0.1, -0.05) is 5.16 Å². The third kappa shape index (κ3) is 3.53. The molecule has 1 saturated heterocycles. The Labute approximate surface area is 118 Å². The van der Waals surface area contributed by atoms with E-state index < -0.39 is 0 Å². The molecular weight excluding hydrogens is 260 g/mol. The lowest BCUT2D eigenvalue weighted by Crippen LogP contribution is -2.42. The van der Waals surface area contributed by atoms with Gasteiger partial charge >= 0.3 is 0 Å². The second kappa shape index (κ2) is 6.46. The first-order valence-electron chi connectivity index (χ1n) is 6.88. The summed E-state index contributed by atoms with van der Waals surface area (Å²) in [6.45, 7) is 6.94. The van der Waals surface area contributed by atoms with Gasteiger partial charge in [0.25, 0.3) is 0 Å². The summed E-state index contributed by atoms with van der Waals surface area (Å²) in [5.41, 5.74) is 2.06. The van der Waals surface area contributed by atoms with Crippen molar-refractivity contribution in [2.75, 3.05) is 12.3 Å². The zero-order valence-corrected chi connectivity index (χ0v) is 12.8. The lowest BCUT2D eigenvalue weighted by atomic mass is 10.0. The van der Waals surface area contributed by atoms with E-state index in [0.717, 1.165) is 42.2 Å². The van der Waals surface area contributed by atoms with Crippen molar-refractivity contribution in [3.8, 4) is 0 Å². The van der Waals surface area contributed by atoms with E-state index in [2.05, 4.69) is 12.1 Å². The van der Waals surface area contributed by atoms with Crippen molar-refractivity contribution in [3.05, 3.63) is 17.0 Å². The number of aromatic nitrogens is 1. The molecule has 1 aromatic rings. The number of nitrogens with zero attached hydrogens (tertiary/aromatic N) is 2. The van der Waals surface area contributed by atoms with Gasteiger partial charge in [-0.2, -0.15) is 0 Å². The number of hydrogen-bond acceptors (Lipinski definition) is 4. The summed E-state index contributed by atoms with van der Waals surface area (Å²) in [6.07, 6.45) is 3.53. The Kier molecular flexibility index (Phi) is 4.91. The van der Waals surface area contributed by atoms with E-state index in [9.17, 15) is 4.79 Å². The summed E-state index contributed by atoms with van der Waals surface area (Å²) in [5, 5.41) is 3.93. The Morgan fingerprint density at radius 1 is 1.47 bits per heavy atom. The Morgan fingerprint density at radius 2 is 2.26 bits per heavy atom. The number of likely N-dealkylation sites (tertiary alicyclic amines) is 1. The maximum absolute atomic E-state index is 12.2. The molecule has 1 atom stereocenters. The van der Waals surface area contributed by atoms with E-state index in [1.54, 1.807) is 11.8 Å². The molecule has 2 rings (SSSR count). The SMILES string of the molecule is Cc1noc(C)c1CSCC(=O)N1CCCCC1C. The lowest BCUT2D eigenvalue weighted by molar-refractivity contribution is -0.131. The Balaban J connectivity index is 1.81. The zero-order chi connectivity index (χ0) is 13.8. The maximum Gasteiger partial charge on any atom is 0.232 e. The van der Waals surface area contributed by atoms with Gasteiger partial charge in [0.2, 0.25) is 5.91 Å². The molecule has 1 aliphatic heterocycles. The normalized spacial score (nSPS) is 19.7. The van der Waals surface area contributed by atoms with E-state index >= 15 is 0 Å². The van der Waals surface area contributed by atoms with Crippen LogP contribution in [0.1, 0.15) is 43.2 Å². The van der Waals surface area contributed by atoms with Crippen molar-refractivity contribution in [3.63, 3.8) is 0 Å². The molecule has 1 aliphatic rings. The second-order valence-corrected chi connectivity index (χ2v) is 6.21. The van der Waals surface area contributed by atoms with E-state index in [4.69, 9.17) is 4.52 Å². The molecule has 4 nitrogen and oxygen atoms in total. The molecule has 0 spiro atoms. The molecule has 0 bridgehead atoms. The minimum Gasteiger partial charge on any atom is -0.361 e. The average Bonchev–Trinajstić information content (AvgIpc) is 2.70. The van der Waals surface area contributed by atoms with Crippen LogP contribution in [-0.4, -0.2) is 34.3 Å². The topological polar surface area (TPSA) is 46.3 Å². The van der Waals surface area contributed by atoms with E-state index in [0.29, 0.717) is 11.8 Å². The molecule has 2 heterocycles. The molecule has 1 unspecified atom stereocenters. The summed E-state index contributed by atoms with van der Waals surface area (Å²) in [4.78, 5) is 14.2. The Hall–Kier alpha value is -0.970. The highest BCUT2D eigenvalue weighted by Crippen LogP contribution is 2.21.